The summed E-state index contributed by atoms with van der Waals surface area (Å²) in [5.74, 6) is -1.42. The van der Waals surface area contributed by atoms with E-state index in [9.17, 15) is 9.59 Å². The second-order valence-electron chi connectivity index (χ2n) is 10.3. The van der Waals surface area contributed by atoms with E-state index >= 15 is 0 Å². The van der Waals surface area contributed by atoms with Crippen LogP contribution in [0.3, 0.4) is 0 Å². The summed E-state index contributed by atoms with van der Waals surface area (Å²) in [7, 11) is -2.51. The van der Waals surface area contributed by atoms with Crippen molar-refractivity contribution in [2.45, 2.75) is 38.1 Å². The molecule has 6 rings (SSSR count). The van der Waals surface area contributed by atoms with Gasteiger partial charge in [0.05, 0.1) is 5.92 Å². The van der Waals surface area contributed by atoms with Crippen molar-refractivity contribution in [3.8, 4) is 11.1 Å². The lowest BCUT2D eigenvalue weighted by Gasteiger charge is -2.40. The molecule has 0 fully saturated rings. The van der Waals surface area contributed by atoms with Crippen LogP contribution in [0.1, 0.15) is 44.6 Å². The Labute approximate surface area is 218 Å². The smallest absolute Gasteiger partial charge is 0.336 e. The highest BCUT2D eigenvalue weighted by Crippen LogP contribution is 2.46. The Kier molecular flexibility index (Phi) is 5.70. The number of hydrogen-bond acceptors (Lipinski definition) is 4. The molecule has 0 amide bonds. The highest BCUT2D eigenvalue weighted by molar-refractivity contribution is 6.85. The monoisotopic (exact) mass is 504 g/mol. The van der Waals surface area contributed by atoms with Gasteiger partial charge in [-0.2, -0.15) is 0 Å². The summed E-state index contributed by atoms with van der Waals surface area (Å²) >= 11 is 0. The summed E-state index contributed by atoms with van der Waals surface area (Å²) in [6, 6.07) is 31.2. The van der Waals surface area contributed by atoms with Crippen molar-refractivity contribution in [2.24, 2.45) is 0 Å². The quantitative estimate of drug-likeness (QED) is 0.192. The van der Waals surface area contributed by atoms with Crippen molar-refractivity contribution in [3.63, 3.8) is 0 Å². The van der Waals surface area contributed by atoms with Crippen LogP contribution >= 0.6 is 0 Å². The van der Waals surface area contributed by atoms with Gasteiger partial charge in [-0.15, -0.1) is 0 Å². The Morgan fingerprint density at radius 2 is 1.35 bits per heavy atom. The van der Waals surface area contributed by atoms with E-state index in [0.717, 1.165) is 38.6 Å². The lowest BCUT2D eigenvalue weighted by molar-refractivity contribution is -0.157. The molecule has 2 aliphatic rings. The summed E-state index contributed by atoms with van der Waals surface area (Å²) in [4.78, 5) is 27.9. The van der Waals surface area contributed by atoms with Crippen molar-refractivity contribution < 1.29 is 18.8 Å². The Hall–Kier alpha value is -3.80. The van der Waals surface area contributed by atoms with E-state index in [4.69, 9.17) is 9.16 Å². The number of carbonyl (C=O) groups excluding carboxylic acids is 2. The van der Waals surface area contributed by atoms with Gasteiger partial charge in [0.2, 0.25) is 8.32 Å². The van der Waals surface area contributed by atoms with E-state index in [1.807, 2.05) is 73.7 Å². The SMILES string of the molecule is Cc1ccc2c(c1)[Si](C)(C)O[C@H](C(=O)OC1c3ccccc3-c3ccccc31)[C@H]2C(=O)c1ccccc1. The van der Waals surface area contributed by atoms with Gasteiger partial charge in [0.15, 0.2) is 18.0 Å². The topological polar surface area (TPSA) is 52.6 Å². The largest absolute Gasteiger partial charge is 0.451 e. The van der Waals surface area contributed by atoms with Crippen LogP contribution in [-0.4, -0.2) is 26.2 Å². The minimum absolute atomic E-state index is 0.135. The summed E-state index contributed by atoms with van der Waals surface area (Å²) in [5.41, 5.74) is 6.56. The van der Waals surface area contributed by atoms with Gasteiger partial charge in [-0.3, -0.25) is 4.79 Å². The number of carbonyl (C=O) groups is 2. The molecule has 0 aromatic heterocycles. The van der Waals surface area contributed by atoms with Crippen LogP contribution < -0.4 is 5.19 Å². The van der Waals surface area contributed by atoms with Crippen molar-refractivity contribution >= 4 is 25.3 Å². The van der Waals surface area contributed by atoms with Gasteiger partial charge >= 0.3 is 5.97 Å². The molecule has 1 aliphatic carbocycles. The molecule has 0 unspecified atom stereocenters. The molecule has 2 atom stereocenters. The van der Waals surface area contributed by atoms with Gasteiger partial charge in [0, 0.05) is 16.7 Å². The Morgan fingerprint density at radius 1 is 0.757 bits per heavy atom. The predicted octanol–water partition coefficient (Wildman–Crippen LogP) is 6.09. The van der Waals surface area contributed by atoms with E-state index in [-0.39, 0.29) is 5.78 Å². The van der Waals surface area contributed by atoms with E-state index in [1.54, 1.807) is 12.1 Å². The molecule has 0 saturated heterocycles. The minimum atomic E-state index is -2.51. The highest BCUT2D eigenvalue weighted by Gasteiger charge is 2.49. The van der Waals surface area contributed by atoms with Crippen LogP contribution in [0, 0.1) is 6.92 Å². The maximum atomic E-state index is 14.0. The second-order valence-corrected chi connectivity index (χ2v) is 14.1. The van der Waals surface area contributed by atoms with Crippen LogP contribution in [0.5, 0.6) is 0 Å². The molecule has 1 heterocycles. The molecule has 0 saturated carbocycles. The number of fused-ring (bicyclic) bond motifs is 4. The van der Waals surface area contributed by atoms with Crippen molar-refractivity contribution in [1.82, 2.24) is 0 Å². The molecule has 0 bridgehead atoms. The summed E-state index contributed by atoms with van der Waals surface area (Å²) in [6.07, 6.45) is -1.57. The Morgan fingerprint density at radius 3 is 2.00 bits per heavy atom. The fourth-order valence-electron chi connectivity index (χ4n) is 5.74. The average molecular weight is 505 g/mol. The first-order valence-electron chi connectivity index (χ1n) is 12.6. The fourth-order valence-corrected chi connectivity index (χ4v) is 8.24. The first kappa shape index (κ1) is 23.6. The zero-order valence-electron chi connectivity index (χ0n) is 21.1. The predicted molar refractivity (Wildman–Crippen MR) is 146 cm³/mol. The van der Waals surface area contributed by atoms with Gasteiger partial charge < -0.3 is 9.16 Å². The molecule has 1 aliphatic heterocycles. The van der Waals surface area contributed by atoms with Gasteiger partial charge in [-0.05, 0) is 41.9 Å². The van der Waals surface area contributed by atoms with E-state index in [2.05, 4.69) is 31.3 Å². The first-order valence-corrected chi connectivity index (χ1v) is 15.5. The van der Waals surface area contributed by atoms with Crippen LogP contribution in [0.2, 0.25) is 13.1 Å². The molecule has 37 heavy (non-hydrogen) atoms. The van der Waals surface area contributed by atoms with E-state index < -0.39 is 32.4 Å². The minimum Gasteiger partial charge on any atom is -0.451 e. The highest BCUT2D eigenvalue weighted by atomic mass is 28.4. The number of aryl methyl sites for hydroxylation is 1. The van der Waals surface area contributed by atoms with Gasteiger partial charge in [-0.25, -0.2) is 4.79 Å². The lowest BCUT2D eigenvalue weighted by atomic mass is 9.85. The lowest BCUT2D eigenvalue weighted by Crippen LogP contribution is -2.58. The summed E-state index contributed by atoms with van der Waals surface area (Å²) in [6.45, 7) is 6.19. The van der Waals surface area contributed by atoms with Gasteiger partial charge in [0.1, 0.15) is 0 Å². The molecular weight excluding hydrogens is 476 g/mol. The zero-order valence-corrected chi connectivity index (χ0v) is 22.1. The molecule has 4 aromatic rings. The molecule has 5 heteroatoms. The molecule has 0 N–H and O–H groups in total. The third-order valence-corrected chi connectivity index (χ3v) is 10.1. The number of Topliss-reactive ketones (excluding diaryl/α,β-unsaturated/α-hetero) is 1. The van der Waals surface area contributed by atoms with Crippen LogP contribution in [0.25, 0.3) is 11.1 Å². The molecule has 4 aromatic carbocycles. The molecule has 4 nitrogen and oxygen atoms in total. The van der Waals surface area contributed by atoms with Crippen molar-refractivity contribution in [2.75, 3.05) is 0 Å². The molecular formula is C32H28O4Si. The second kappa shape index (κ2) is 8.94. The van der Waals surface area contributed by atoms with Crippen molar-refractivity contribution in [1.29, 1.82) is 0 Å². The Balaban J connectivity index is 1.43. The standard InChI is InChI=1S/C32H28O4Si/c1-20-17-18-26-27(19-20)37(2,3)36-31(28(26)29(33)21-11-5-4-6-12-21)32(34)35-30-24-15-9-7-13-22(24)23-14-8-10-16-25(23)30/h4-19,28,30-31H,1-3H3/t28-,31+/m1/s1. The number of rotatable bonds is 4. The summed E-state index contributed by atoms with van der Waals surface area (Å²) < 4.78 is 12.9. The third-order valence-electron chi connectivity index (χ3n) is 7.50. The van der Waals surface area contributed by atoms with Crippen LogP contribution in [0.4, 0.5) is 0 Å². The van der Waals surface area contributed by atoms with E-state index in [0.29, 0.717) is 5.56 Å². The fraction of sp³-hybridized carbons (Fsp3) is 0.188. The van der Waals surface area contributed by atoms with Gasteiger partial charge in [0.25, 0.3) is 0 Å². The number of ketones is 1. The average Bonchev–Trinajstić information content (AvgIpc) is 3.22. The number of esters is 1. The third kappa shape index (κ3) is 3.95. The number of ether oxygens (including phenoxy) is 1. The normalized spacial score (nSPS) is 19.4. The molecule has 0 spiro atoms. The number of hydrogen-bond donors (Lipinski definition) is 0. The van der Waals surface area contributed by atoms with Crippen LogP contribution in [0.15, 0.2) is 97.1 Å². The van der Waals surface area contributed by atoms with Crippen LogP contribution in [-0.2, 0) is 14.0 Å². The van der Waals surface area contributed by atoms with Gasteiger partial charge in [-0.1, -0.05) is 103 Å². The summed E-state index contributed by atoms with van der Waals surface area (Å²) in [5, 5.41) is 1.06. The number of benzene rings is 4. The maximum absolute atomic E-state index is 14.0. The van der Waals surface area contributed by atoms with E-state index in [1.165, 1.54) is 0 Å². The van der Waals surface area contributed by atoms with Crippen molar-refractivity contribution in [3.05, 3.63) is 125 Å². The Bertz CT molecular complexity index is 1480. The zero-order chi connectivity index (χ0) is 25.7. The molecule has 0 radical (unpaired) electrons. The maximum Gasteiger partial charge on any atom is 0.336 e. The first-order chi connectivity index (χ1) is 17.8. The molecule has 184 valence electrons.